The normalized spacial score (nSPS) is 16.8. The Morgan fingerprint density at radius 3 is 2.55 bits per heavy atom. The Kier molecular flexibility index (Phi) is 5.44. The first-order chi connectivity index (χ1) is 14.0. The van der Waals surface area contributed by atoms with Gasteiger partial charge in [-0.05, 0) is 42.9 Å². The largest absolute Gasteiger partial charge is 0.454 e. The average molecular weight is 417 g/mol. The van der Waals surface area contributed by atoms with Gasteiger partial charge in [0.2, 0.25) is 16.8 Å². The highest BCUT2D eigenvalue weighted by Gasteiger charge is 2.24. The van der Waals surface area contributed by atoms with Gasteiger partial charge in [-0.25, -0.2) is 13.1 Å². The van der Waals surface area contributed by atoms with Crippen molar-refractivity contribution in [2.75, 3.05) is 40.0 Å². The fraction of sp³-hybridized carbons (Fsp3) is 0.350. The molecule has 2 heterocycles. The van der Waals surface area contributed by atoms with Crippen LogP contribution in [0.3, 0.4) is 0 Å². The molecule has 1 amide bonds. The smallest absolute Gasteiger partial charge is 0.253 e. The van der Waals surface area contributed by atoms with Crippen LogP contribution in [0.4, 0.5) is 0 Å². The predicted molar refractivity (Wildman–Crippen MR) is 106 cm³/mol. The molecule has 9 heteroatoms. The zero-order valence-electron chi connectivity index (χ0n) is 16.1. The number of nitrogens with one attached hydrogen (secondary N) is 1. The monoisotopic (exact) mass is 417 g/mol. The van der Waals surface area contributed by atoms with Gasteiger partial charge < -0.3 is 14.4 Å². The first-order valence-corrected chi connectivity index (χ1v) is 10.9. The molecular formula is C20H23N3O5S. The Bertz CT molecular complexity index is 1020. The van der Waals surface area contributed by atoms with E-state index in [1.807, 2.05) is 18.2 Å². The standard InChI is InChI=1S/C20H23N3O5S/c1-21-29(25,26)17-4-2-3-16(12-17)20(24)23-9-7-22(8-10-23)13-15-5-6-18-19(11-15)28-14-27-18/h2-6,11-12,21H,7-10,13-14H2,1H3. The van der Waals surface area contributed by atoms with E-state index >= 15 is 0 Å². The maximum atomic E-state index is 12.8. The number of amides is 1. The fourth-order valence-corrected chi connectivity index (χ4v) is 4.28. The second kappa shape index (κ2) is 8.02. The van der Waals surface area contributed by atoms with Gasteiger partial charge >= 0.3 is 0 Å². The van der Waals surface area contributed by atoms with Crippen LogP contribution in [0.15, 0.2) is 47.4 Å². The molecule has 8 nitrogen and oxygen atoms in total. The Morgan fingerprint density at radius 2 is 1.79 bits per heavy atom. The van der Waals surface area contributed by atoms with Gasteiger partial charge in [-0.15, -0.1) is 0 Å². The fourth-order valence-electron chi connectivity index (χ4n) is 3.50. The molecule has 0 atom stereocenters. The van der Waals surface area contributed by atoms with Crippen LogP contribution in [0.25, 0.3) is 0 Å². The number of carbonyl (C=O) groups excluding carboxylic acids is 1. The SMILES string of the molecule is CNS(=O)(=O)c1cccc(C(=O)N2CCN(Cc3ccc4c(c3)OCO4)CC2)c1. The summed E-state index contributed by atoms with van der Waals surface area (Å²) >= 11 is 0. The van der Waals surface area contributed by atoms with E-state index in [4.69, 9.17) is 9.47 Å². The van der Waals surface area contributed by atoms with Gasteiger partial charge in [0, 0.05) is 38.3 Å². The molecule has 0 radical (unpaired) electrons. The molecule has 0 bridgehead atoms. The molecule has 1 saturated heterocycles. The molecule has 2 aliphatic heterocycles. The van der Waals surface area contributed by atoms with Gasteiger partial charge in [0.05, 0.1) is 4.90 Å². The van der Waals surface area contributed by atoms with Gasteiger partial charge in [-0.3, -0.25) is 9.69 Å². The summed E-state index contributed by atoms with van der Waals surface area (Å²) in [5.74, 6) is 1.39. The average Bonchev–Trinajstić information content (AvgIpc) is 3.22. The molecule has 0 spiro atoms. The number of hydrogen-bond donors (Lipinski definition) is 1. The van der Waals surface area contributed by atoms with Crippen molar-refractivity contribution >= 4 is 15.9 Å². The number of rotatable bonds is 5. The second-order valence-electron chi connectivity index (χ2n) is 6.99. The van der Waals surface area contributed by atoms with Crippen molar-refractivity contribution in [1.82, 2.24) is 14.5 Å². The minimum Gasteiger partial charge on any atom is -0.454 e. The van der Waals surface area contributed by atoms with E-state index in [1.165, 1.54) is 19.2 Å². The van der Waals surface area contributed by atoms with Crippen molar-refractivity contribution in [1.29, 1.82) is 0 Å². The molecule has 2 aromatic rings. The molecule has 0 aromatic heterocycles. The highest BCUT2D eigenvalue weighted by Crippen LogP contribution is 2.32. The summed E-state index contributed by atoms with van der Waals surface area (Å²) in [6, 6.07) is 12.1. The van der Waals surface area contributed by atoms with E-state index in [0.29, 0.717) is 18.7 Å². The molecule has 0 aliphatic carbocycles. The summed E-state index contributed by atoms with van der Waals surface area (Å²) < 4.78 is 37.0. The van der Waals surface area contributed by atoms with Gasteiger partial charge in [0.25, 0.3) is 5.91 Å². The highest BCUT2D eigenvalue weighted by atomic mass is 32.2. The van der Waals surface area contributed by atoms with Crippen LogP contribution >= 0.6 is 0 Å². The van der Waals surface area contributed by atoms with E-state index in [1.54, 1.807) is 17.0 Å². The van der Waals surface area contributed by atoms with Crippen LogP contribution in [0.2, 0.25) is 0 Å². The topological polar surface area (TPSA) is 88.2 Å². The van der Waals surface area contributed by atoms with Crippen LogP contribution in [-0.2, 0) is 16.6 Å². The molecule has 2 aromatic carbocycles. The zero-order valence-corrected chi connectivity index (χ0v) is 16.9. The van der Waals surface area contributed by atoms with E-state index in [9.17, 15) is 13.2 Å². The lowest BCUT2D eigenvalue weighted by molar-refractivity contribution is 0.0628. The molecule has 4 rings (SSSR count). The quantitative estimate of drug-likeness (QED) is 0.789. The van der Waals surface area contributed by atoms with E-state index in [0.717, 1.165) is 36.7 Å². The second-order valence-corrected chi connectivity index (χ2v) is 8.88. The summed E-state index contributed by atoms with van der Waals surface area (Å²) in [5.41, 5.74) is 1.52. The summed E-state index contributed by atoms with van der Waals surface area (Å²) in [5, 5.41) is 0. The van der Waals surface area contributed by atoms with Crippen molar-refractivity contribution in [2.45, 2.75) is 11.4 Å². The third-order valence-electron chi connectivity index (χ3n) is 5.16. The summed E-state index contributed by atoms with van der Waals surface area (Å²) in [4.78, 5) is 17.0. The number of hydrogen-bond acceptors (Lipinski definition) is 6. The predicted octanol–water partition coefficient (Wildman–Crippen LogP) is 1.28. The zero-order chi connectivity index (χ0) is 20.4. The molecule has 1 N–H and O–H groups in total. The van der Waals surface area contributed by atoms with Gasteiger partial charge in [-0.1, -0.05) is 12.1 Å². The first kappa shape index (κ1) is 19.7. The van der Waals surface area contributed by atoms with Crippen LogP contribution in [0, 0.1) is 0 Å². The number of nitrogens with zero attached hydrogens (tertiary/aromatic N) is 2. The van der Waals surface area contributed by atoms with Crippen LogP contribution in [0.5, 0.6) is 11.5 Å². The van der Waals surface area contributed by atoms with Crippen LogP contribution in [0.1, 0.15) is 15.9 Å². The lowest BCUT2D eigenvalue weighted by Gasteiger charge is -2.34. The third-order valence-corrected chi connectivity index (χ3v) is 6.57. The van der Waals surface area contributed by atoms with Crippen molar-refractivity contribution in [3.05, 3.63) is 53.6 Å². The molecule has 1 fully saturated rings. The van der Waals surface area contributed by atoms with Gasteiger partial charge in [-0.2, -0.15) is 0 Å². The lowest BCUT2D eigenvalue weighted by atomic mass is 10.1. The number of sulfonamides is 1. The number of ether oxygens (including phenoxy) is 2. The van der Waals surface area contributed by atoms with E-state index in [-0.39, 0.29) is 17.6 Å². The van der Waals surface area contributed by atoms with Crippen molar-refractivity contribution in [3.63, 3.8) is 0 Å². The molecular weight excluding hydrogens is 394 g/mol. The Hall–Kier alpha value is -2.62. The van der Waals surface area contributed by atoms with Crippen LogP contribution < -0.4 is 14.2 Å². The highest BCUT2D eigenvalue weighted by molar-refractivity contribution is 7.89. The number of fused-ring (bicyclic) bond motifs is 1. The Labute approximate surface area is 170 Å². The molecule has 0 unspecified atom stereocenters. The van der Waals surface area contributed by atoms with Crippen molar-refractivity contribution < 1.29 is 22.7 Å². The van der Waals surface area contributed by atoms with E-state index in [2.05, 4.69) is 9.62 Å². The molecule has 0 saturated carbocycles. The summed E-state index contributed by atoms with van der Waals surface area (Å²) in [6.45, 7) is 3.70. The maximum Gasteiger partial charge on any atom is 0.253 e. The maximum absolute atomic E-state index is 12.8. The minimum absolute atomic E-state index is 0.0901. The number of benzene rings is 2. The summed E-state index contributed by atoms with van der Waals surface area (Å²) in [6.07, 6.45) is 0. The van der Waals surface area contributed by atoms with Gasteiger partial charge in [0.15, 0.2) is 11.5 Å². The van der Waals surface area contributed by atoms with Crippen LogP contribution in [-0.4, -0.2) is 64.1 Å². The number of piperazine rings is 1. The van der Waals surface area contributed by atoms with Gasteiger partial charge in [0.1, 0.15) is 0 Å². The Balaban J connectivity index is 1.37. The third kappa shape index (κ3) is 4.21. The number of carbonyl (C=O) groups is 1. The molecule has 2 aliphatic rings. The molecule has 154 valence electrons. The van der Waals surface area contributed by atoms with Crippen molar-refractivity contribution in [2.24, 2.45) is 0 Å². The summed E-state index contributed by atoms with van der Waals surface area (Å²) in [7, 11) is -2.23. The van der Waals surface area contributed by atoms with E-state index < -0.39 is 10.0 Å². The minimum atomic E-state index is -3.58. The Morgan fingerprint density at radius 1 is 1.03 bits per heavy atom. The van der Waals surface area contributed by atoms with Crippen molar-refractivity contribution in [3.8, 4) is 11.5 Å². The molecule has 29 heavy (non-hydrogen) atoms. The first-order valence-electron chi connectivity index (χ1n) is 9.40. The lowest BCUT2D eigenvalue weighted by Crippen LogP contribution is -2.48.